The average Bonchev–Trinajstić information content (AvgIpc) is 2.31. The Morgan fingerprint density at radius 3 is 2.50 bits per heavy atom. The van der Waals surface area contributed by atoms with Gasteiger partial charge in [0.1, 0.15) is 17.4 Å². The van der Waals surface area contributed by atoms with Crippen LogP contribution in [0.3, 0.4) is 0 Å². The van der Waals surface area contributed by atoms with Crippen molar-refractivity contribution < 1.29 is 23.4 Å². The van der Waals surface area contributed by atoms with Gasteiger partial charge in [-0.25, -0.2) is 13.6 Å². The molecule has 0 spiro atoms. The number of carboxylic acids is 1. The van der Waals surface area contributed by atoms with Gasteiger partial charge < -0.3 is 15.6 Å². The quantitative estimate of drug-likeness (QED) is 0.831. The molecule has 2 rings (SSSR count). The van der Waals surface area contributed by atoms with Crippen LogP contribution >= 0.6 is 15.9 Å². The Bertz CT molecular complexity index is 671. The van der Waals surface area contributed by atoms with Crippen LogP contribution in [0, 0.1) is 11.6 Å². The van der Waals surface area contributed by atoms with Crippen molar-refractivity contribution in [3.05, 3.63) is 52.0 Å². The van der Waals surface area contributed by atoms with Crippen molar-refractivity contribution in [2.45, 2.75) is 0 Å². The van der Waals surface area contributed by atoms with E-state index in [-0.39, 0.29) is 17.2 Å². The van der Waals surface area contributed by atoms with Crippen LogP contribution in [0.1, 0.15) is 10.4 Å². The minimum absolute atomic E-state index is 0.0656. The zero-order chi connectivity index (χ0) is 14.9. The second-order valence-electron chi connectivity index (χ2n) is 3.88. The van der Waals surface area contributed by atoms with Crippen LogP contribution in [-0.2, 0) is 0 Å². The van der Waals surface area contributed by atoms with E-state index in [9.17, 15) is 13.6 Å². The number of nitrogens with two attached hydrogens (primary N) is 1. The van der Waals surface area contributed by atoms with E-state index < -0.39 is 23.2 Å². The molecule has 0 saturated carbocycles. The van der Waals surface area contributed by atoms with Gasteiger partial charge in [0.25, 0.3) is 0 Å². The van der Waals surface area contributed by atoms with Gasteiger partial charge in [-0.1, -0.05) is 15.9 Å². The lowest BCUT2D eigenvalue weighted by Gasteiger charge is -2.10. The van der Waals surface area contributed by atoms with Crippen LogP contribution in [-0.4, -0.2) is 11.1 Å². The molecule has 3 N–H and O–H groups in total. The second-order valence-corrected chi connectivity index (χ2v) is 4.80. The molecule has 0 heterocycles. The van der Waals surface area contributed by atoms with Crippen LogP contribution in [0.2, 0.25) is 0 Å². The minimum Gasteiger partial charge on any atom is -0.478 e. The molecule has 0 radical (unpaired) electrons. The lowest BCUT2D eigenvalue weighted by atomic mass is 10.1. The molecular formula is C13H8BrF2NO3. The SMILES string of the molecule is Nc1cc(C(=O)O)c(F)cc1Oc1cc(F)cc(Br)c1. The molecule has 20 heavy (non-hydrogen) atoms. The Morgan fingerprint density at radius 1 is 1.20 bits per heavy atom. The molecule has 0 aromatic heterocycles. The molecule has 0 fully saturated rings. The predicted molar refractivity (Wildman–Crippen MR) is 71.9 cm³/mol. The third kappa shape index (κ3) is 3.05. The number of hydrogen-bond donors (Lipinski definition) is 2. The predicted octanol–water partition coefficient (Wildman–Crippen LogP) is 3.80. The van der Waals surface area contributed by atoms with Gasteiger partial charge in [0.05, 0.1) is 11.3 Å². The van der Waals surface area contributed by atoms with Crippen molar-refractivity contribution in [1.82, 2.24) is 0 Å². The van der Waals surface area contributed by atoms with Crippen LogP contribution in [0.15, 0.2) is 34.8 Å². The lowest BCUT2D eigenvalue weighted by Crippen LogP contribution is -2.03. The van der Waals surface area contributed by atoms with Gasteiger partial charge in [0.2, 0.25) is 0 Å². The number of carbonyl (C=O) groups is 1. The van der Waals surface area contributed by atoms with E-state index in [4.69, 9.17) is 15.6 Å². The van der Waals surface area contributed by atoms with E-state index in [1.54, 1.807) is 0 Å². The summed E-state index contributed by atoms with van der Waals surface area (Å²) in [6.07, 6.45) is 0. The summed E-state index contributed by atoms with van der Waals surface area (Å²) in [6, 6.07) is 5.57. The van der Waals surface area contributed by atoms with Crippen molar-refractivity contribution >= 4 is 27.6 Å². The summed E-state index contributed by atoms with van der Waals surface area (Å²) in [6.45, 7) is 0. The molecule has 4 nitrogen and oxygen atoms in total. The van der Waals surface area contributed by atoms with E-state index in [2.05, 4.69) is 15.9 Å². The molecule has 0 amide bonds. The highest BCUT2D eigenvalue weighted by atomic mass is 79.9. The van der Waals surface area contributed by atoms with Crippen molar-refractivity contribution in [3.8, 4) is 11.5 Å². The Balaban J connectivity index is 2.39. The van der Waals surface area contributed by atoms with Crippen molar-refractivity contribution in [1.29, 1.82) is 0 Å². The average molecular weight is 344 g/mol. The van der Waals surface area contributed by atoms with Crippen LogP contribution in [0.4, 0.5) is 14.5 Å². The molecule has 0 atom stereocenters. The largest absolute Gasteiger partial charge is 0.478 e. The molecule has 0 aliphatic carbocycles. The number of nitrogen functional groups attached to an aromatic ring is 1. The molecule has 7 heteroatoms. The fourth-order valence-corrected chi connectivity index (χ4v) is 1.98. The number of hydrogen-bond acceptors (Lipinski definition) is 3. The zero-order valence-corrected chi connectivity index (χ0v) is 11.4. The monoisotopic (exact) mass is 343 g/mol. The van der Waals surface area contributed by atoms with Crippen molar-refractivity contribution in [2.24, 2.45) is 0 Å². The van der Waals surface area contributed by atoms with E-state index in [1.807, 2.05) is 0 Å². The highest BCUT2D eigenvalue weighted by Crippen LogP contribution is 2.31. The van der Waals surface area contributed by atoms with Gasteiger partial charge in [0, 0.05) is 16.6 Å². The fraction of sp³-hybridized carbons (Fsp3) is 0. The van der Waals surface area contributed by atoms with E-state index in [0.717, 1.165) is 18.2 Å². The van der Waals surface area contributed by atoms with E-state index >= 15 is 0 Å². The Kier molecular flexibility index (Phi) is 3.89. The molecule has 0 aliphatic rings. The van der Waals surface area contributed by atoms with Crippen molar-refractivity contribution in [2.75, 3.05) is 5.73 Å². The maximum atomic E-state index is 13.5. The summed E-state index contributed by atoms with van der Waals surface area (Å²) in [7, 11) is 0. The van der Waals surface area contributed by atoms with Gasteiger partial charge in [-0.05, 0) is 18.2 Å². The molecule has 104 valence electrons. The Hall–Kier alpha value is -2.15. The third-order valence-electron chi connectivity index (χ3n) is 2.39. The standard InChI is InChI=1S/C13H8BrF2NO3/c14-6-1-7(15)3-8(2-6)20-12-5-10(16)9(13(18)19)4-11(12)17/h1-5H,17H2,(H,18,19). The molecule has 0 unspecified atom stereocenters. The minimum atomic E-state index is -1.44. The maximum Gasteiger partial charge on any atom is 0.338 e. The molecular weight excluding hydrogens is 336 g/mol. The summed E-state index contributed by atoms with van der Waals surface area (Å²) >= 11 is 3.09. The van der Waals surface area contributed by atoms with Crippen LogP contribution in [0.5, 0.6) is 11.5 Å². The summed E-state index contributed by atoms with van der Waals surface area (Å²) < 4.78 is 32.4. The Morgan fingerprint density at radius 2 is 1.90 bits per heavy atom. The summed E-state index contributed by atoms with van der Waals surface area (Å²) in [5.74, 6) is -2.96. The van der Waals surface area contributed by atoms with Gasteiger partial charge >= 0.3 is 5.97 Å². The van der Waals surface area contributed by atoms with Crippen LogP contribution in [0.25, 0.3) is 0 Å². The second kappa shape index (κ2) is 5.46. The normalized spacial score (nSPS) is 10.3. The van der Waals surface area contributed by atoms with Gasteiger partial charge in [0.15, 0.2) is 5.75 Å². The first-order valence-corrected chi connectivity index (χ1v) is 6.12. The molecule has 0 saturated heterocycles. The highest BCUT2D eigenvalue weighted by molar-refractivity contribution is 9.10. The number of rotatable bonds is 3. The number of carboxylic acid groups (broad SMARTS) is 1. The molecule has 0 bridgehead atoms. The number of halogens is 3. The first-order chi connectivity index (χ1) is 9.36. The van der Waals surface area contributed by atoms with Gasteiger partial charge in [-0.2, -0.15) is 0 Å². The molecule has 2 aromatic carbocycles. The van der Waals surface area contributed by atoms with Gasteiger partial charge in [-0.15, -0.1) is 0 Å². The molecule has 2 aromatic rings. The smallest absolute Gasteiger partial charge is 0.338 e. The maximum absolute atomic E-state index is 13.5. The number of aromatic carboxylic acids is 1. The van der Waals surface area contributed by atoms with Crippen LogP contribution < -0.4 is 10.5 Å². The fourth-order valence-electron chi connectivity index (χ4n) is 1.54. The number of benzene rings is 2. The first kappa shape index (κ1) is 14.3. The number of anilines is 1. The molecule has 0 aliphatic heterocycles. The Labute approximate surface area is 120 Å². The number of ether oxygens (including phenoxy) is 1. The lowest BCUT2D eigenvalue weighted by molar-refractivity contribution is 0.0692. The van der Waals surface area contributed by atoms with E-state index in [1.165, 1.54) is 12.1 Å². The van der Waals surface area contributed by atoms with Gasteiger partial charge in [-0.3, -0.25) is 0 Å². The third-order valence-corrected chi connectivity index (χ3v) is 2.85. The topological polar surface area (TPSA) is 72.6 Å². The highest BCUT2D eigenvalue weighted by Gasteiger charge is 2.15. The van der Waals surface area contributed by atoms with Crippen molar-refractivity contribution in [3.63, 3.8) is 0 Å². The first-order valence-electron chi connectivity index (χ1n) is 5.33. The zero-order valence-electron chi connectivity index (χ0n) is 9.86. The summed E-state index contributed by atoms with van der Waals surface area (Å²) in [5, 5.41) is 8.75. The van der Waals surface area contributed by atoms with E-state index in [0.29, 0.717) is 4.47 Å². The summed E-state index contributed by atoms with van der Waals surface area (Å²) in [5.41, 5.74) is 4.97. The summed E-state index contributed by atoms with van der Waals surface area (Å²) in [4.78, 5) is 10.7.